The van der Waals surface area contributed by atoms with Gasteiger partial charge in [-0.1, -0.05) is 20.8 Å². The molecular formula is C16H25BrN2S. The van der Waals surface area contributed by atoms with E-state index < -0.39 is 0 Å². The van der Waals surface area contributed by atoms with Crippen LogP contribution in [0, 0.1) is 11.3 Å². The van der Waals surface area contributed by atoms with E-state index in [4.69, 9.17) is 0 Å². The van der Waals surface area contributed by atoms with E-state index in [2.05, 4.69) is 60.1 Å². The number of hydrogen-bond donors (Lipinski definition) is 1. The summed E-state index contributed by atoms with van der Waals surface area (Å²) in [4.78, 5) is 4.52. The molecule has 1 heterocycles. The monoisotopic (exact) mass is 356 g/mol. The molecule has 3 unspecified atom stereocenters. The Morgan fingerprint density at radius 1 is 1.35 bits per heavy atom. The number of hydrogen-bond acceptors (Lipinski definition) is 3. The van der Waals surface area contributed by atoms with E-state index in [1.54, 1.807) is 0 Å². The van der Waals surface area contributed by atoms with Crippen LogP contribution in [-0.2, 0) is 0 Å². The van der Waals surface area contributed by atoms with Gasteiger partial charge in [-0.2, -0.15) is 0 Å². The average molecular weight is 357 g/mol. The van der Waals surface area contributed by atoms with Crippen molar-refractivity contribution in [3.05, 3.63) is 22.8 Å². The Bertz CT molecular complexity index is 444. The smallest absolute Gasteiger partial charge is 0.110 e. The van der Waals surface area contributed by atoms with Gasteiger partial charge in [0.25, 0.3) is 0 Å². The highest BCUT2D eigenvalue weighted by atomic mass is 79.9. The molecule has 0 aliphatic heterocycles. The fraction of sp³-hybridized carbons (Fsp3) is 0.688. The first-order chi connectivity index (χ1) is 9.41. The summed E-state index contributed by atoms with van der Waals surface area (Å²) in [6.45, 7) is 7.11. The molecule has 1 aliphatic carbocycles. The molecule has 1 fully saturated rings. The third kappa shape index (κ3) is 3.99. The summed E-state index contributed by atoms with van der Waals surface area (Å²) in [5.41, 5.74) is 0.402. The number of nitrogens with one attached hydrogen (secondary N) is 1. The molecule has 0 radical (unpaired) electrons. The summed E-state index contributed by atoms with van der Waals surface area (Å²) in [5.74, 6) is 0.798. The van der Waals surface area contributed by atoms with Gasteiger partial charge in [0.15, 0.2) is 0 Å². The van der Waals surface area contributed by atoms with Crippen LogP contribution in [0.1, 0.15) is 40.0 Å². The lowest BCUT2D eigenvalue weighted by Crippen LogP contribution is -2.43. The first-order valence-corrected chi connectivity index (χ1v) is 9.03. The maximum atomic E-state index is 4.52. The topological polar surface area (TPSA) is 24.9 Å². The van der Waals surface area contributed by atoms with Gasteiger partial charge in [-0.3, -0.25) is 0 Å². The van der Waals surface area contributed by atoms with Crippen molar-refractivity contribution in [1.82, 2.24) is 10.3 Å². The molecule has 0 amide bonds. The largest absolute Gasteiger partial charge is 0.316 e. The second-order valence-electron chi connectivity index (χ2n) is 6.72. The molecule has 1 aromatic heterocycles. The first-order valence-electron chi connectivity index (χ1n) is 7.36. The Morgan fingerprint density at radius 3 is 2.70 bits per heavy atom. The van der Waals surface area contributed by atoms with Crippen molar-refractivity contribution in [2.75, 3.05) is 7.05 Å². The summed E-state index contributed by atoms with van der Waals surface area (Å²) < 4.78 is 1.11. The third-order valence-electron chi connectivity index (χ3n) is 4.38. The highest BCUT2D eigenvalue weighted by Crippen LogP contribution is 2.43. The Labute approximate surface area is 135 Å². The van der Waals surface area contributed by atoms with Crippen molar-refractivity contribution >= 4 is 27.7 Å². The van der Waals surface area contributed by atoms with Crippen molar-refractivity contribution in [2.45, 2.75) is 56.4 Å². The second kappa shape index (κ2) is 6.80. The van der Waals surface area contributed by atoms with Crippen LogP contribution in [0.5, 0.6) is 0 Å². The minimum Gasteiger partial charge on any atom is -0.316 e. The van der Waals surface area contributed by atoms with E-state index in [9.17, 15) is 0 Å². The Hall–Kier alpha value is -0.0600. The third-order valence-corrected chi connectivity index (χ3v) is 6.65. The lowest BCUT2D eigenvalue weighted by Gasteiger charge is -2.41. The van der Waals surface area contributed by atoms with E-state index in [0.717, 1.165) is 15.4 Å². The molecule has 1 N–H and O–H groups in total. The summed E-state index contributed by atoms with van der Waals surface area (Å²) in [5, 5.41) is 5.22. The zero-order chi connectivity index (χ0) is 14.8. The molecule has 2 nitrogen and oxygen atoms in total. The Kier molecular flexibility index (Phi) is 5.55. The van der Waals surface area contributed by atoms with Crippen LogP contribution in [0.25, 0.3) is 0 Å². The van der Waals surface area contributed by atoms with Gasteiger partial charge in [0, 0.05) is 22.0 Å². The molecule has 4 heteroatoms. The highest BCUT2D eigenvalue weighted by Gasteiger charge is 2.36. The van der Waals surface area contributed by atoms with Crippen LogP contribution in [0.2, 0.25) is 0 Å². The van der Waals surface area contributed by atoms with E-state index >= 15 is 0 Å². The van der Waals surface area contributed by atoms with Crippen LogP contribution in [0.15, 0.2) is 27.8 Å². The van der Waals surface area contributed by atoms with E-state index in [1.165, 1.54) is 19.3 Å². The Morgan fingerprint density at radius 2 is 2.10 bits per heavy atom. The van der Waals surface area contributed by atoms with Gasteiger partial charge in [-0.15, -0.1) is 11.8 Å². The number of pyridine rings is 1. The quantitative estimate of drug-likeness (QED) is 0.846. The SMILES string of the molecule is CNC1CCC(C(C)(C)C)CC1Sc1ncccc1Br. The zero-order valence-corrected chi connectivity index (χ0v) is 15.2. The van der Waals surface area contributed by atoms with E-state index in [1.807, 2.05) is 24.0 Å². The Balaban J connectivity index is 2.12. The summed E-state index contributed by atoms with van der Waals surface area (Å²) >= 11 is 5.54. The van der Waals surface area contributed by atoms with Gasteiger partial charge in [0.1, 0.15) is 5.03 Å². The second-order valence-corrected chi connectivity index (χ2v) is 8.80. The van der Waals surface area contributed by atoms with Crippen LogP contribution >= 0.6 is 27.7 Å². The molecule has 0 saturated heterocycles. The zero-order valence-electron chi connectivity index (χ0n) is 12.8. The molecule has 1 saturated carbocycles. The van der Waals surface area contributed by atoms with Gasteiger partial charge in [-0.25, -0.2) is 4.98 Å². The van der Waals surface area contributed by atoms with Gasteiger partial charge in [0.05, 0.1) is 0 Å². The maximum Gasteiger partial charge on any atom is 0.110 e. The molecule has 3 atom stereocenters. The minimum atomic E-state index is 0.402. The van der Waals surface area contributed by atoms with Crippen molar-refractivity contribution < 1.29 is 0 Å². The van der Waals surface area contributed by atoms with Gasteiger partial charge >= 0.3 is 0 Å². The first kappa shape index (κ1) is 16.3. The van der Waals surface area contributed by atoms with Crippen LogP contribution in [0.3, 0.4) is 0 Å². The highest BCUT2D eigenvalue weighted by molar-refractivity contribution is 9.10. The van der Waals surface area contributed by atoms with Gasteiger partial charge in [-0.05, 0) is 65.7 Å². The van der Waals surface area contributed by atoms with Gasteiger partial charge < -0.3 is 5.32 Å². The van der Waals surface area contributed by atoms with Crippen LogP contribution in [-0.4, -0.2) is 23.3 Å². The van der Waals surface area contributed by atoms with Crippen molar-refractivity contribution in [3.63, 3.8) is 0 Å². The summed E-state index contributed by atoms with van der Waals surface area (Å²) in [7, 11) is 2.09. The van der Waals surface area contributed by atoms with E-state index in [0.29, 0.717) is 16.7 Å². The number of halogens is 1. The number of thioether (sulfide) groups is 1. The molecule has 0 spiro atoms. The normalized spacial score (nSPS) is 27.6. The van der Waals surface area contributed by atoms with Crippen molar-refractivity contribution in [1.29, 1.82) is 0 Å². The fourth-order valence-corrected chi connectivity index (χ4v) is 4.87. The molecule has 2 rings (SSSR count). The molecule has 0 bridgehead atoms. The number of nitrogens with zero attached hydrogens (tertiary/aromatic N) is 1. The lowest BCUT2D eigenvalue weighted by atomic mass is 9.71. The van der Waals surface area contributed by atoms with Crippen LogP contribution < -0.4 is 5.32 Å². The summed E-state index contributed by atoms with van der Waals surface area (Å²) in [6, 6.07) is 4.64. The number of aromatic nitrogens is 1. The molecule has 0 aromatic carbocycles. The lowest BCUT2D eigenvalue weighted by molar-refractivity contribution is 0.167. The fourth-order valence-electron chi connectivity index (χ4n) is 2.98. The molecular weight excluding hydrogens is 332 g/mol. The molecule has 112 valence electrons. The summed E-state index contributed by atoms with van der Waals surface area (Å²) in [6.07, 6.45) is 5.74. The molecule has 1 aliphatic rings. The predicted molar refractivity (Wildman–Crippen MR) is 91.2 cm³/mol. The van der Waals surface area contributed by atoms with Crippen molar-refractivity contribution in [3.8, 4) is 0 Å². The molecule has 20 heavy (non-hydrogen) atoms. The number of rotatable bonds is 3. The predicted octanol–water partition coefficient (Wildman–Crippen LogP) is 4.74. The van der Waals surface area contributed by atoms with E-state index in [-0.39, 0.29) is 0 Å². The van der Waals surface area contributed by atoms with Crippen molar-refractivity contribution in [2.24, 2.45) is 11.3 Å². The minimum absolute atomic E-state index is 0.402. The standard InChI is InChI=1S/C16H25BrN2S/c1-16(2,3)11-7-8-13(18-4)14(10-11)20-15-12(17)6-5-9-19-15/h5-6,9,11,13-14,18H,7-8,10H2,1-4H3. The average Bonchev–Trinajstić information content (AvgIpc) is 2.40. The van der Waals surface area contributed by atoms with Crippen LogP contribution in [0.4, 0.5) is 0 Å². The van der Waals surface area contributed by atoms with Gasteiger partial charge in [0.2, 0.25) is 0 Å². The molecule has 1 aromatic rings. The maximum absolute atomic E-state index is 4.52.